The van der Waals surface area contributed by atoms with Gasteiger partial charge in [0.05, 0.1) is 6.26 Å². The van der Waals surface area contributed by atoms with Crippen LogP contribution in [0.4, 0.5) is 16.2 Å². The number of nitrogens with zero attached hydrogens (tertiary/aromatic N) is 2. The molecule has 1 aliphatic rings. The van der Waals surface area contributed by atoms with Crippen molar-refractivity contribution in [2.45, 2.75) is 6.42 Å². The van der Waals surface area contributed by atoms with Crippen LogP contribution in [0.3, 0.4) is 0 Å². The summed E-state index contributed by atoms with van der Waals surface area (Å²) in [6.45, 7) is 1.49. The molecule has 0 spiro atoms. The van der Waals surface area contributed by atoms with Crippen molar-refractivity contribution in [3.05, 3.63) is 48.4 Å². The molecule has 0 bridgehead atoms. The Morgan fingerprint density at radius 1 is 1.18 bits per heavy atom. The van der Waals surface area contributed by atoms with Gasteiger partial charge in [-0.3, -0.25) is 9.69 Å². The summed E-state index contributed by atoms with van der Waals surface area (Å²) >= 11 is 0. The normalized spacial score (nSPS) is 15.0. The Morgan fingerprint density at radius 3 is 2.64 bits per heavy atom. The molecule has 1 N–H and O–H groups in total. The highest BCUT2D eigenvalue weighted by Gasteiger charge is 2.23. The van der Waals surface area contributed by atoms with Gasteiger partial charge in [0, 0.05) is 31.5 Å². The second kappa shape index (κ2) is 5.93. The number of hydrogen-bond donors (Lipinski definition) is 1. The van der Waals surface area contributed by atoms with E-state index in [1.165, 1.54) is 6.26 Å². The van der Waals surface area contributed by atoms with Gasteiger partial charge in [0.2, 0.25) is 0 Å². The SMILES string of the molecule is CN1CCCN(c2ccc(NC(=O)c3ccco3)cc2)C1=O. The Morgan fingerprint density at radius 2 is 1.95 bits per heavy atom. The highest BCUT2D eigenvalue weighted by Crippen LogP contribution is 2.22. The molecule has 1 fully saturated rings. The number of carbonyl (C=O) groups excluding carboxylic acids is 2. The Kier molecular flexibility index (Phi) is 3.82. The molecule has 2 aromatic rings. The van der Waals surface area contributed by atoms with E-state index < -0.39 is 0 Å². The third-order valence-corrected chi connectivity index (χ3v) is 3.61. The number of carbonyl (C=O) groups is 2. The zero-order valence-corrected chi connectivity index (χ0v) is 12.3. The maximum absolute atomic E-state index is 12.1. The minimum Gasteiger partial charge on any atom is -0.459 e. The van der Waals surface area contributed by atoms with Crippen molar-refractivity contribution in [1.82, 2.24) is 4.90 Å². The molecule has 6 heteroatoms. The third kappa shape index (κ3) is 2.81. The summed E-state index contributed by atoms with van der Waals surface area (Å²) in [5, 5.41) is 2.75. The second-order valence-corrected chi connectivity index (χ2v) is 5.19. The van der Waals surface area contributed by atoms with Gasteiger partial charge in [0.1, 0.15) is 0 Å². The topological polar surface area (TPSA) is 65.8 Å². The number of amides is 3. The Balaban J connectivity index is 1.70. The molecule has 114 valence electrons. The van der Waals surface area contributed by atoms with Crippen LogP contribution in [0.2, 0.25) is 0 Å². The van der Waals surface area contributed by atoms with Crippen molar-refractivity contribution >= 4 is 23.3 Å². The Bertz CT molecular complexity index is 664. The quantitative estimate of drug-likeness (QED) is 0.947. The monoisotopic (exact) mass is 299 g/mol. The van der Waals surface area contributed by atoms with Gasteiger partial charge >= 0.3 is 6.03 Å². The maximum atomic E-state index is 12.1. The van der Waals surface area contributed by atoms with Crippen molar-refractivity contribution < 1.29 is 14.0 Å². The Labute approximate surface area is 128 Å². The average molecular weight is 299 g/mol. The number of furan rings is 1. The van der Waals surface area contributed by atoms with Crippen LogP contribution < -0.4 is 10.2 Å². The fourth-order valence-corrected chi connectivity index (χ4v) is 2.43. The molecule has 0 saturated carbocycles. The van der Waals surface area contributed by atoms with E-state index in [2.05, 4.69) is 5.32 Å². The van der Waals surface area contributed by atoms with Gasteiger partial charge in [-0.2, -0.15) is 0 Å². The number of urea groups is 1. The first-order valence-electron chi connectivity index (χ1n) is 7.13. The van der Waals surface area contributed by atoms with E-state index in [1.54, 1.807) is 41.1 Å². The highest BCUT2D eigenvalue weighted by molar-refractivity contribution is 6.02. The van der Waals surface area contributed by atoms with E-state index in [0.717, 1.165) is 18.7 Å². The molecule has 0 unspecified atom stereocenters. The molecule has 0 radical (unpaired) electrons. The van der Waals surface area contributed by atoms with Crippen LogP contribution in [0.5, 0.6) is 0 Å². The lowest BCUT2D eigenvalue weighted by atomic mass is 10.2. The van der Waals surface area contributed by atoms with Crippen LogP contribution in [-0.2, 0) is 0 Å². The summed E-state index contributed by atoms with van der Waals surface area (Å²) in [7, 11) is 1.80. The van der Waals surface area contributed by atoms with E-state index in [0.29, 0.717) is 12.2 Å². The van der Waals surface area contributed by atoms with Gasteiger partial charge < -0.3 is 14.6 Å². The van der Waals surface area contributed by atoms with Crippen molar-refractivity contribution in [3.63, 3.8) is 0 Å². The van der Waals surface area contributed by atoms with Gasteiger partial charge in [0.25, 0.3) is 5.91 Å². The lowest BCUT2D eigenvalue weighted by molar-refractivity contribution is 0.0996. The molecule has 1 aromatic carbocycles. The summed E-state index contributed by atoms with van der Waals surface area (Å²) in [4.78, 5) is 27.4. The molecular formula is C16H17N3O3. The van der Waals surface area contributed by atoms with E-state index in [9.17, 15) is 9.59 Å². The number of anilines is 2. The van der Waals surface area contributed by atoms with E-state index in [1.807, 2.05) is 12.1 Å². The van der Waals surface area contributed by atoms with E-state index >= 15 is 0 Å². The summed E-state index contributed by atoms with van der Waals surface area (Å²) in [5.41, 5.74) is 1.48. The lowest BCUT2D eigenvalue weighted by Gasteiger charge is -2.33. The fourth-order valence-electron chi connectivity index (χ4n) is 2.43. The molecule has 3 amide bonds. The molecule has 1 aromatic heterocycles. The van der Waals surface area contributed by atoms with Crippen LogP contribution >= 0.6 is 0 Å². The highest BCUT2D eigenvalue weighted by atomic mass is 16.3. The number of benzene rings is 1. The predicted octanol–water partition coefficient (Wildman–Crippen LogP) is 2.79. The molecule has 3 rings (SSSR count). The van der Waals surface area contributed by atoms with Crippen molar-refractivity contribution in [2.24, 2.45) is 0 Å². The van der Waals surface area contributed by atoms with Gasteiger partial charge in [-0.05, 0) is 42.8 Å². The number of nitrogens with one attached hydrogen (secondary N) is 1. The molecule has 22 heavy (non-hydrogen) atoms. The minimum absolute atomic E-state index is 0.00128. The van der Waals surface area contributed by atoms with Crippen LogP contribution in [-0.4, -0.2) is 37.0 Å². The number of rotatable bonds is 3. The molecule has 0 aliphatic carbocycles. The van der Waals surface area contributed by atoms with Crippen molar-refractivity contribution in [1.29, 1.82) is 0 Å². The van der Waals surface area contributed by atoms with Gasteiger partial charge in [-0.1, -0.05) is 0 Å². The van der Waals surface area contributed by atoms with E-state index in [-0.39, 0.29) is 17.7 Å². The molecule has 2 heterocycles. The minimum atomic E-state index is -0.300. The largest absolute Gasteiger partial charge is 0.459 e. The molecule has 6 nitrogen and oxygen atoms in total. The van der Waals surface area contributed by atoms with Crippen LogP contribution in [0, 0.1) is 0 Å². The maximum Gasteiger partial charge on any atom is 0.324 e. The number of hydrogen-bond acceptors (Lipinski definition) is 3. The molecule has 0 atom stereocenters. The van der Waals surface area contributed by atoms with E-state index in [4.69, 9.17) is 4.42 Å². The smallest absolute Gasteiger partial charge is 0.324 e. The van der Waals surface area contributed by atoms with Crippen molar-refractivity contribution in [3.8, 4) is 0 Å². The summed E-state index contributed by atoms with van der Waals surface area (Å²) in [6.07, 6.45) is 2.40. The molecule has 1 saturated heterocycles. The van der Waals surface area contributed by atoms with Gasteiger partial charge in [0.15, 0.2) is 5.76 Å². The molecular weight excluding hydrogens is 282 g/mol. The lowest BCUT2D eigenvalue weighted by Crippen LogP contribution is -2.47. The average Bonchev–Trinajstić information content (AvgIpc) is 3.05. The fraction of sp³-hybridized carbons (Fsp3) is 0.250. The third-order valence-electron chi connectivity index (χ3n) is 3.61. The first kappa shape index (κ1) is 14.2. The molecule has 1 aliphatic heterocycles. The second-order valence-electron chi connectivity index (χ2n) is 5.19. The summed E-state index contributed by atoms with van der Waals surface area (Å²) in [6, 6.07) is 10.5. The first-order chi connectivity index (χ1) is 10.6. The zero-order valence-electron chi connectivity index (χ0n) is 12.3. The summed E-state index contributed by atoms with van der Waals surface area (Å²) < 4.78 is 5.04. The first-order valence-corrected chi connectivity index (χ1v) is 7.13. The van der Waals surface area contributed by atoms with Crippen molar-refractivity contribution in [2.75, 3.05) is 30.4 Å². The predicted molar refractivity (Wildman–Crippen MR) is 83.1 cm³/mol. The van der Waals surface area contributed by atoms with Crippen LogP contribution in [0.1, 0.15) is 17.0 Å². The summed E-state index contributed by atoms with van der Waals surface area (Å²) in [5.74, 6) is -0.0385. The van der Waals surface area contributed by atoms with Gasteiger partial charge in [-0.25, -0.2) is 4.79 Å². The standard InChI is InChI=1S/C16H17N3O3/c1-18-9-3-10-19(16(18)21)13-7-5-12(6-8-13)17-15(20)14-4-2-11-22-14/h2,4-8,11H,3,9-10H2,1H3,(H,17,20). The van der Waals surface area contributed by atoms with Crippen LogP contribution in [0.25, 0.3) is 0 Å². The van der Waals surface area contributed by atoms with Crippen LogP contribution in [0.15, 0.2) is 47.1 Å². The zero-order chi connectivity index (χ0) is 15.5. The van der Waals surface area contributed by atoms with Gasteiger partial charge in [-0.15, -0.1) is 0 Å². The Hall–Kier alpha value is -2.76.